The Balaban J connectivity index is 1.53. The van der Waals surface area contributed by atoms with Crippen molar-refractivity contribution in [2.75, 3.05) is 16.8 Å². The molecular weight excluding hydrogens is 402 g/mol. The highest BCUT2D eigenvalue weighted by Gasteiger charge is 2.18. The molecule has 4 nitrogen and oxygen atoms in total. The number of amides is 1. The van der Waals surface area contributed by atoms with Gasteiger partial charge in [-0.2, -0.15) is 0 Å². The van der Waals surface area contributed by atoms with E-state index in [1.807, 2.05) is 60.4 Å². The summed E-state index contributed by atoms with van der Waals surface area (Å²) in [5, 5.41) is 5.53. The molecule has 29 heavy (non-hydrogen) atoms. The average molecular weight is 422 g/mol. The van der Waals surface area contributed by atoms with E-state index in [9.17, 15) is 4.79 Å². The molecule has 4 aromatic rings. The maximum Gasteiger partial charge on any atom is 0.258 e. The number of aromatic nitrogens is 1. The number of rotatable bonds is 6. The van der Waals surface area contributed by atoms with E-state index in [-0.39, 0.29) is 5.91 Å². The Labute approximate surface area is 178 Å². The van der Waals surface area contributed by atoms with Gasteiger partial charge in [0, 0.05) is 34.3 Å². The van der Waals surface area contributed by atoms with Gasteiger partial charge in [-0.1, -0.05) is 48.0 Å². The van der Waals surface area contributed by atoms with Gasteiger partial charge < -0.3 is 10.2 Å². The van der Waals surface area contributed by atoms with Crippen molar-refractivity contribution in [1.29, 1.82) is 0 Å². The summed E-state index contributed by atoms with van der Waals surface area (Å²) in [6.45, 7) is 3.24. The van der Waals surface area contributed by atoms with Gasteiger partial charge in [-0.3, -0.25) is 4.79 Å². The minimum absolute atomic E-state index is 0.00959. The van der Waals surface area contributed by atoms with Crippen molar-refractivity contribution in [1.82, 2.24) is 4.98 Å². The number of benzene rings is 3. The molecule has 0 atom stereocenters. The molecule has 0 unspecified atom stereocenters. The quantitative estimate of drug-likeness (QED) is 0.401. The maximum atomic E-state index is 13.2. The SMILES string of the molecule is CCN(C(=O)c1ccc(NCc2cnc(Cl)s2)cc1)c1cccc2ccccc12. The summed E-state index contributed by atoms with van der Waals surface area (Å²) in [7, 11) is 0. The number of carbonyl (C=O) groups excluding carboxylic acids is 1. The first kappa shape index (κ1) is 19.4. The summed E-state index contributed by atoms with van der Waals surface area (Å²) >= 11 is 7.32. The fourth-order valence-corrected chi connectivity index (χ4v) is 4.23. The first-order chi connectivity index (χ1) is 14.2. The van der Waals surface area contributed by atoms with Gasteiger partial charge in [-0.25, -0.2) is 4.98 Å². The highest BCUT2D eigenvalue weighted by molar-refractivity contribution is 7.15. The third kappa shape index (κ3) is 4.26. The van der Waals surface area contributed by atoms with Gasteiger partial charge in [0.1, 0.15) is 0 Å². The van der Waals surface area contributed by atoms with E-state index >= 15 is 0 Å². The van der Waals surface area contributed by atoms with E-state index in [4.69, 9.17) is 11.6 Å². The van der Waals surface area contributed by atoms with Gasteiger partial charge in [0.2, 0.25) is 0 Å². The van der Waals surface area contributed by atoms with E-state index in [1.165, 1.54) is 11.3 Å². The van der Waals surface area contributed by atoms with Crippen LogP contribution in [0.5, 0.6) is 0 Å². The summed E-state index contributed by atoms with van der Waals surface area (Å²) in [6.07, 6.45) is 1.77. The molecule has 0 aliphatic heterocycles. The van der Waals surface area contributed by atoms with Crippen LogP contribution in [0.4, 0.5) is 11.4 Å². The summed E-state index contributed by atoms with van der Waals surface area (Å²) in [5.74, 6) is -0.00959. The molecule has 4 rings (SSSR count). The molecule has 0 bridgehead atoms. The van der Waals surface area contributed by atoms with Crippen LogP contribution in [0.15, 0.2) is 72.9 Å². The van der Waals surface area contributed by atoms with E-state index < -0.39 is 0 Å². The minimum Gasteiger partial charge on any atom is -0.380 e. The number of hydrogen-bond acceptors (Lipinski definition) is 4. The van der Waals surface area contributed by atoms with Gasteiger partial charge in [0.15, 0.2) is 4.47 Å². The van der Waals surface area contributed by atoms with Crippen LogP contribution in [-0.4, -0.2) is 17.4 Å². The molecule has 0 radical (unpaired) electrons. The number of hydrogen-bond donors (Lipinski definition) is 1. The number of anilines is 2. The molecule has 1 amide bonds. The van der Waals surface area contributed by atoms with E-state index in [0.29, 0.717) is 23.1 Å². The molecular formula is C23H20ClN3OS. The molecule has 146 valence electrons. The van der Waals surface area contributed by atoms with Crippen LogP contribution in [0, 0.1) is 0 Å². The molecule has 0 spiro atoms. The van der Waals surface area contributed by atoms with Crippen LogP contribution in [0.2, 0.25) is 4.47 Å². The lowest BCUT2D eigenvalue weighted by molar-refractivity contribution is 0.0988. The largest absolute Gasteiger partial charge is 0.380 e. The summed E-state index contributed by atoms with van der Waals surface area (Å²) in [6, 6.07) is 21.8. The second-order valence-electron chi connectivity index (χ2n) is 6.56. The number of halogens is 1. The topological polar surface area (TPSA) is 45.2 Å². The Morgan fingerprint density at radius 2 is 1.83 bits per heavy atom. The number of nitrogens with one attached hydrogen (secondary N) is 1. The fraction of sp³-hybridized carbons (Fsp3) is 0.130. The third-order valence-electron chi connectivity index (χ3n) is 4.74. The van der Waals surface area contributed by atoms with E-state index in [0.717, 1.165) is 27.0 Å². The zero-order valence-electron chi connectivity index (χ0n) is 15.9. The second kappa shape index (κ2) is 8.64. The van der Waals surface area contributed by atoms with Crippen molar-refractivity contribution in [2.24, 2.45) is 0 Å². The van der Waals surface area contributed by atoms with Gasteiger partial charge in [-0.05, 0) is 42.6 Å². The Hall–Kier alpha value is -2.89. The standard InChI is InChI=1S/C23H20ClN3OS/c1-2-27(21-9-5-7-16-6-3-4-8-20(16)21)22(28)17-10-12-18(13-11-17)25-14-19-15-26-23(24)29-19/h3-13,15,25H,2,14H2,1H3. The smallest absolute Gasteiger partial charge is 0.258 e. The molecule has 1 aromatic heterocycles. The Kier molecular flexibility index (Phi) is 5.79. The molecule has 6 heteroatoms. The van der Waals surface area contributed by atoms with Crippen LogP contribution in [0.25, 0.3) is 10.8 Å². The number of carbonyl (C=O) groups is 1. The van der Waals surface area contributed by atoms with Crippen molar-refractivity contribution in [3.8, 4) is 0 Å². The van der Waals surface area contributed by atoms with Gasteiger partial charge in [-0.15, -0.1) is 11.3 Å². The van der Waals surface area contributed by atoms with E-state index in [2.05, 4.69) is 28.5 Å². The molecule has 0 aliphatic carbocycles. The number of fused-ring (bicyclic) bond motifs is 1. The fourth-order valence-electron chi connectivity index (χ4n) is 3.31. The normalized spacial score (nSPS) is 10.8. The molecule has 0 aliphatic rings. The molecule has 0 saturated carbocycles. The van der Waals surface area contributed by atoms with Crippen LogP contribution < -0.4 is 10.2 Å². The summed E-state index contributed by atoms with van der Waals surface area (Å²) in [5.41, 5.74) is 2.53. The predicted octanol–water partition coefficient (Wildman–Crippen LogP) is 6.23. The Morgan fingerprint density at radius 1 is 1.07 bits per heavy atom. The van der Waals surface area contributed by atoms with Gasteiger partial charge >= 0.3 is 0 Å². The van der Waals surface area contributed by atoms with Crippen LogP contribution >= 0.6 is 22.9 Å². The zero-order valence-corrected chi connectivity index (χ0v) is 17.5. The molecule has 3 aromatic carbocycles. The average Bonchev–Trinajstić information content (AvgIpc) is 3.18. The lowest BCUT2D eigenvalue weighted by Gasteiger charge is -2.23. The van der Waals surface area contributed by atoms with Gasteiger partial charge in [0.25, 0.3) is 5.91 Å². The van der Waals surface area contributed by atoms with Crippen LogP contribution in [0.3, 0.4) is 0 Å². The Bertz CT molecular complexity index is 1140. The molecule has 0 fully saturated rings. The highest BCUT2D eigenvalue weighted by Crippen LogP contribution is 2.28. The molecule has 1 heterocycles. The summed E-state index contributed by atoms with van der Waals surface area (Å²) < 4.78 is 0.538. The first-order valence-electron chi connectivity index (χ1n) is 9.39. The Morgan fingerprint density at radius 3 is 2.55 bits per heavy atom. The van der Waals surface area contributed by atoms with Crippen molar-refractivity contribution in [3.05, 3.63) is 87.8 Å². The maximum absolute atomic E-state index is 13.2. The van der Waals surface area contributed by atoms with Crippen LogP contribution in [-0.2, 0) is 6.54 Å². The predicted molar refractivity (Wildman–Crippen MR) is 122 cm³/mol. The number of thiazole rings is 1. The third-order valence-corrected chi connectivity index (χ3v) is 5.86. The first-order valence-corrected chi connectivity index (χ1v) is 10.6. The molecule has 1 N–H and O–H groups in total. The van der Waals surface area contributed by atoms with E-state index in [1.54, 1.807) is 6.20 Å². The lowest BCUT2D eigenvalue weighted by atomic mass is 10.1. The van der Waals surface area contributed by atoms with Crippen LogP contribution in [0.1, 0.15) is 22.2 Å². The second-order valence-corrected chi connectivity index (χ2v) is 8.26. The van der Waals surface area contributed by atoms with Crippen molar-refractivity contribution < 1.29 is 4.79 Å². The van der Waals surface area contributed by atoms with Crippen molar-refractivity contribution in [3.63, 3.8) is 0 Å². The number of nitrogens with zero attached hydrogens (tertiary/aromatic N) is 2. The zero-order chi connectivity index (χ0) is 20.2. The van der Waals surface area contributed by atoms with Crippen molar-refractivity contribution >= 4 is 51.0 Å². The van der Waals surface area contributed by atoms with Gasteiger partial charge in [0.05, 0.1) is 12.2 Å². The molecule has 0 saturated heterocycles. The summed E-state index contributed by atoms with van der Waals surface area (Å²) in [4.78, 5) is 20.1. The highest BCUT2D eigenvalue weighted by atomic mass is 35.5. The monoisotopic (exact) mass is 421 g/mol. The lowest BCUT2D eigenvalue weighted by Crippen LogP contribution is -2.30. The van der Waals surface area contributed by atoms with Crippen molar-refractivity contribution in [2.45, 2.75) is 13.5 Å². The minimum atomic E-state index is -0.00959.